The average molecular weight is 377 g/mol. The van der Waals surface area contributed by atoms with Gasteiger partial charge in [0.2, 0.25) is 11.9 Å². The number of anilines is 1. The number of alkyl halides is 3. The molecule has 6 nitrogen and oxygen atoms in total. The molecule has 1 aromatic carbocycles. The quantitative estimate of drug-likeness (QED) is 0.737. The molecule has 1 N–H and O–H groups in total. The van der Waals surface area contributed by atoms with Gasteiger partial charge >= 0.3 is 6.18 Å². The molecule has 0 saturated heterocycles. The fourth-order valence-corrected chi connectivity index (χ4v) is 3.11. The van der Waals surface area contributed by atoms with Crippen molar-refractivity contribution >= 4 is 22.9 Å². The zero-order valence-electron chi connectivity index (χ0n) is 14.6. The number of carbonyl (C=O) groups is 1. The number of nitrogens with one attached hydrogen (secondary N) is 1. The van der Waals surface area contributed by atoms with Gasteiger partial charge < -0.3 is 4.57 Å². The van der Waals surface area contributed by atoms with E-state index in [1.165, 1.54) is 4.68 Å². The third-order valence-corrected chi connectivity index (χ3v) is 4.69. The van der Waals surface area contributed by atoms with Crippen molar-refractivity contribution in [2.75, 3.05) is 5.32 Å². The van der Waals surface area contributed by atoms with Gasteiger partial charge in [-0.15, -0.1) is 0 Å². The number of halogens is 3. The normalized spacial score (nSPS) is 14.7. The van der Waals surface area contributed by atoms with Crippen LogP contribution in [-0.2, 0) is 24.6 Å². The molecular weight excluding hydrogens is 359 g/mol. The summed E-state index contributed by atoms with van der Waals surface area (Å²) >= 11 is 0. The molecule has 1 saturated carbocycles. The Morgan fingerprint density at radius 2 is 2.04 bits per heavy atom. The lowest BCUT2D eigenvalue weighted by atomic mass is 10.2. The van der Waals surface area contributed by atoms with Crippen molar-refractivity contribution in [3.8, 4) is 0 Å². The lowest BCUT2D eigenvalue weighted by Gasteiger charge is -2.08. The predicted molar refractivity (Wildman–Crippen MR) is 93.2 cm³/mol. The molecule has 2 aromatic heterocycles. The molecule has 0 atom stereocenters. The number of rotatable bonds is 5. The summed E-state index contributed by atoms with van der Waals surface area (Å²) in [5.74, 6) is 0.191. The molecule has 27 heavy (non-hydrogen) atoms. The third kappa shape index (κ3) is 3.54. The van der Waals surface area contributed by atoms with Crippen LogP contribution in [0.2, 0.25) is 0 Å². The number of carbonyl (C=O) groups excluding carboxylic acids is 1. The molecule has 3 aromatic rings. The molecule has 0 radical (unpaired) electrons. The fourth-order valence-electron chi connectivity index (χ4n) is 3.11. The second kappa shape index (κ2) is 6.40. The largest absolute Gasteiger partial charge is 0.435 e. The fraction of sp³-hybridized carbons (Fsp3) is 0.389. The Hall–Kier alpha value is -2.84. The van der Waals surface area contributed by atoms with E-state index in [-0.39, 0.29) is 24.8 Å². The number of benzene rings is 1. The van der Waals surface area contributed by atoms with Crippen molar-refractivity contribution in [3.63, 3.8) is 0 Å². The van der Waals surface area contributed by atoms with Gasteiger partial charge in [-0.25, -0.2) is 4.98 Å². The van der Waals surface area contributed by atoms with Crippen LogP contribution in [0, 0.1) is 0 Å². The van der Waals surface area contributed by atoms with Crippen LogP contribution < -0.4 is 5.32 Å². The van der Waals surface area contributed by atoms with Crippen LogP contribution in [-0.4, -0.2) is 25.2 Å². The average Bonchev–Trinajstić information content (AvgIpc) is 3.29. The summed E-state index contributed by atoms with van der Waals surface area (Å²) < 4.78 is 41.9. The van der Waals surface area contributed by atoms with E-state index in [0.717, 1.165) is 29.9 Å². The van der Waals surface area contributed by atoms with E-state index in [9.17, 15) is 18.0 Å². The molecule has 0 bridgehead atoms. The summed E-state index contributed by atoms with van der Waals surface area (Å²) in [6.07, 6.45) is -2.75. The number of hydrogen-bond acceptors (Lipinski definition) is 3. The van der Waals surface area contributed by atoms with Crippen LogP contribution in [0.5, 0.6) is 0 Å². The zero-order chi connectivity index (χ0) is 19.2. The number of hydrogen-bond donors (Lipinski definition) is 1. The number of amides is 1. The molecule has 1 aliphatic carbocycles. The number of aryl methyl sites for hydroxylation is 2. The number of fused-ring (bicyclic) bond motifs is 1. The Bertz CT molecular complexity index is 1000. The summed E-state index contributed by atoms with van der Waals surface area (Å²) in [4.78, 5) is 16.6. The van der Waals surface area contributed by atoms with Crippen molar-refractivity contribution in [1.82, 2.24) is 19.3 Å². The summed E-state index contributed by atoms with van der Waals surface area (Å²) in [6, 6.07) is 8.57. The summed E-state index contributed by atoms with van der Waals surface area (Å²) in [7, 11) is 1.79. The number of para-hydroxylation sites is 2. The Labute approximate surface area is 153 Å². The topological polar surface area (TPSA) is 64.7 Å². The Kier molecular flexibility index (Phi) is 4.16. The van der Waals surface area contributed by atoms with E-state index in [1.807, 2.05) is 24.3 Å². The van der Waals surface area contributed by atoms with Crippen LogP contribution in [0.25, 0.3) is 11.0 Å². The van der Waals surface area contributed by atoms with Gasteiger partial charge in [0.25, 0.3) is 0 Å². The van der Waals surface area contributed by atoms with E-state index in [2.05, 4.69) is 15.4 Å². The maximum atomic E-state index is 12.9. The van der Waals surface area contributed by atoms with E-state index >= 15 is 0 Å². The van der Waals surface area contributed by atoms with Gasteiger partial charge in [0, 0.05) is 25.1 Å². The van der Waals surface area contributed by atoms with Gasteiger partial charge in [-0.05, 0) is 31.0 Å². The van der Waals surface area contributed by atoms with Gasteiger partial charge in [0.05, 0.1) is 17.6 Å². The van der Waals surface area contributed by atoms with Gasteiger partial charge in [0.1, 0.15) is 0 Å². The van der Waals surface area contributed by atoms with Gasteiger partial charge in [-0.3, -0.25) is 14.8 Å². The smallest absolute Gasteiger partial charge is 0.313 e. The predicted octanol–water partition coefficient (Wildman–Crippen LogP) is 3.69. The first-order valence-electron chi connectivity index (χ1n) is 8.69. The molecule has 0 spiro atoms. The van der Waals surface area contributed by atoms with Crippen LogP contribution in [0.15, 0.2) is 30.3 Å². The highest BCUT2D eigenvalue weighted by atomic mass is 19.4. The van der Waals surface area contributed by atoms with E-state index in [1.54, 1.807) is 11.6 Å². The molecule has 9 heteroatoms. The van der Waals surface area contributed by atoms with Crippen LogP contribution in [0.1, 0.15) is 36.6 Å². The van der Waals surface area contributed by atoms with Gasteiger partial charge in [-0.2, -0.15) is 18.3 Å². The highest BCUT2D eigenvalue weighted by molar-refractivity contribution is 5.91. The van der Waals surface area contributed by atoms with Crippen molar-refractivity contribution in [2.24, 2.45) is 7.05 Å². The summed E-state index contributed by atoms with van der Waals surface area (Å²) in [6.45, 7) is 0.0949. The monoisotopic (exact) mass is 377 g/mol. The molecule has 0 unspecified atom stereocenters. The van der Waals surface area contributed by atoms with Crippen molar-refractivity contribution < 1.29 is 18.0 Å². The molecule has 1 aliphatic rings. The third-order valence-electron chi connectivity index (χ3n) is 4.69. The van der Waals surface area contributed by atoms with Crippen molar-refractivity contribution in [3.05, 3.63) is 41.7 Å². The minimum atomic E-state index is -4.48. The van der Waals surface area contributed by atoms with Crippen LogP contribution in [0.3, 0.4) is 0 Å². The minimum Gasteiger partial charge on any atom is -0.313 e. The first-order valence-corrected chi connectivity index (χ1v) is 8.69. The van der Waals surface area contributed by atoms with E-state index in [4.69, 9.17) is 0 Å². The summed E-state index contributed by atoms with van der Waals surface area (Å²) in [5, 5.41) is 6.39. The molecule has 1 fully saturated rings. The first-order chi connectivity index (χ1) is 12.8. The molecular formula is C18H18F3N5O. The second-order valence-electron chi connectivity index (χ2n) is 6.73. The second-order valence-corrected chi connectivity index (χ2v) is 6.73. The highest BCUT2D eigenvalue weighted by Gasteiger charge is 2.37. The maximum absolute atomic E-state index is 12.9. The van der Waals surface area contributed by atoms with Gasteiger partial charge in [-0.1, -0.05) is 12.1 Å². The van der Waals surface area contributed by atoms with Crippen LogP contribution in [0.4, 0.5) is 19.1 Å². The summed E-state index contributed by atoms with van der Waals surface area (Å²) in [5.41, 5.74) is 1.29. The van der Waals surface area contributed by atoms with Crippen LogP contribution >= 0.6 is 0 Å². The van der Waals surface area contributed by atoms with Crippen molar-refractivity contribution in [1.29, 1.82) is 0 Å². The molecule has 0 aliphatic heterocycles. The minimum absolute atomic E-state index is 0.0158. The molecule has 1 amide bonds. The first kappa shape index (κ1) is 17.6. The molecule has 142 valence electrons. The molecule has 4 rings (SSSR count). The zero-order valence-corrected chi connectivity index (χ0v) is 14.6. The number of aromatic nitrogens is 4. The SMILES string of the molecule is Cn1c(NC(=O)CCn2nc(C(F)(F)F)cc2C2CC2)nc2ccccc21. The maximum Gasteiger partial charge on any atom is 0.435 e. The lowest BCUT2D eigenvalue weighted by Crippen LogP contribution is -2.18. The van der Waals surface area contributed by atoms with E-state index < -0.39 is 11.9 Å². The standard InChI is InChI=1S/C18H18F3N5O/c1-25-13-5-3-2-4-12(13)22-17(25)23-16(27)8-9-26-14(11-6-7-11)10-15(24-26)18(19,20)21/h2-5,10-11H,6-9H2,1H3,(H,22,23,27). The number of imidazole rings is 1. The van der Waals surface area contributed by atoms with Gasteiger partial charge in [0.15, 0.2) is 5.69 Å². The molecule has 2 heterocycles. The van der Waals surface area contributed by atoms with Crippen molar-refractivity contribution in [2.45, 2.75) is 37.9 Å². The number of nitrogens with zero attached hydrogens (tertiary/aromatic N) is 4. The highest BCUT2D eigenvalue weighted by Crippen LogP contribution is 2.42. The Morgan fingerprint density at radius 3 is 2.70 bits per heavy atom. The Balaban J connectivity index is 1.46. The lowest BCUT2D eigenvalue weighted by molar-refractivity contribution is -0.141. The Morgan fingerprint density at radius 1 is 1.30 bits per heavy atom. The van der Waals surface area contributed by atoms with E-state index in [0.29, 0.717) is 11.6 Å².